The lowest BCUT2D eigenvalue weighted by atomic mass is 10.00. The Bertz CT molecular complexity index is 607. The van der Waals surface area contributed by atoms with Gasteiger partial charge in [-0.3, -0.25) is 0 Å². The zero-order valence-corrected chi connectivity index (χ0v) is 10.2. The van der Waals surface area contributed by atoms with Crippen LogP contribution in [-0.4, -0.2) is 12.6 Å². The van der Waals surface area contributed by atoms with Crippen LogP contribution in [0.5, 0.6) is 5.75 Å². The summed E-state index contributed by atoms with van der Waals surface area (Å²) in [4.78, 5) is 0. The van der Waals surface area contributed by atoms with Gasteiger partial charge in [-0.05, 0) is 17.7 Å². The molecule has 2 nitrogen and oxygen atoms in total. The lowest BCUT2D eigenvalue weighted by Gasteiger charge is -2.12. The smallest absolute Gasteiger partial charge is 0.134 e. The number of benzene rings is 2. The van der Waals surface area contributed by atoms with Crippen LogP contribution in [0.15, 0.2) is 36.4 Å². The number of nitrogens with two attached hydrogens (primary N) is 1. The summed E-state index contributed by atoms with van der Waals surface area (Å²) in [5.74, 6) is -0.636. The highest BCUT2D eigenvalue weighted by Gasteiger charge is 2.26. The first-order valence-corrected chi connectivity index (χ1v) is 6.13. The van der Waals surface area contributed by atoms with Crippen molar-refractivity contribution in [1.82, 2.24) is 0 Å². The van der Waals surface area contributed by atoms with Crippen molar-refractivity contribution in [2.75, 3.05) is 6.54 Å². The SMILES string of the molecule is NCC1Cc2cccc(-c3c(F)cccc3F)c2O1. The maximum absolute atomic E-state index is 13.9. The fourth-order valence-electron chi connectivity index (χ4n) is 2.42. The molecule has 1 aliphatic rings. The minimum Gasteiger partial charge on any atom is -0.488 e. The average molecular weight is 261 g/mol. The maximum Gasteiger partial charge on any atom is 0.134 e. The zero-order valence-electron chi connectivity index (χ0n) is 10.2. The number of fused-ring (bicyclic) bond motifs is 1. The van der Waals surface area contributed by atoms with Crippen molar-refractivity contribution in [2.45, 2.75) is 12.5 Å². The Morgan fingerprint density at radius 3 is 2.47 bits per heavy atom. The molecule has 0 spiro atoms. The number of rotatable bonds is 2. The van der Waals surface area contributed by atoms with E-state index in [9.17, 15) is 8.78 Å². The van der Waals surface area contributed by atoms with Crippen molar-refractivity contribution >= 4 is 0 Å². The third-order valence-electron chi connectivity index (χ3n) is 3.32. The number of halogens is 2. The molecule has 0 saturated heterocycles. The van der Waals surface area contributed by atoms with E-state index in [0.717, 1.165) is 5.56 Å². The Balaban J connectivity index is 2.16. The number of hydrogen-bond donors (Lipinski definition) is 1. The van der Waals surface area contributed by atoms with E-state index in [-0.39, 0.29) is 11.7 Å². The van der Waals surface area contributed by atoms with E-state index in [1.54, 1.807) is 12.1 Å². The van der Waals surface area contributed by atoms with Crippen LogP contribution in [0.25, 0.3) is 11.1 Å². The molecule has 19 heavy (non-hydrogen) atoms. The molecule has 3 rings (SSSR count). The molecule has 2 aromatic carbocycles. The van der Waals surface area contributed by atoms with E-state index in [0.29, 0.717) is 24.3 Å². The largest absolute Gasteiger partial charge is 0.488 e. The second-order valence-electron chi connectivity index (χ2n) is 4.57. The first-order valence-electron chi connectivity index (χ1n) is 6.13. The van der Waals surface area contributed by atoms with E-state index < -0.39 is 11.6 Å². The number of ether oxygens (including phenoxy) is 1. The molecule has 1 aliphatic heterocycles. The molecule has 98 valence electrons. The molecule has 0 fully saturated rings. The van der Waals surface area contributed by atoms with Crippen LogP contribution in [0.1, 0.15) is 5.56 Å². The van der Waals surface area contributed by atoms with Crippen LogP contribution in [0, 0.1) is 11.6 Å². The van der Waals surface area contributed by atoms with E-state index in [1.165, 1.54) is 18.2 Å². The molecule has 0 bridgehead atoms. The van der Waals surface area contributed by atoms with Gasteiger partial charge in [0.2, 0.25) is 0 Å². The Hall–Kier alpha value is -1.94. The fraction of sp³-hybridized carbons (Fsp3) is 0.200. The number of para-hydroxylation sites is 1. The Labute approximate surface area is 109 Å². The van der Waals surface area contributed by atoms with Gasteiger partial charge in [0.1, 0.15) is 23.5 Å². The summed E-state index contributed by atoms with van der Waals surface area (Å²) in [5, 5.41) is 0. The molecule has 0 saturated carbocycles. The van der Waals surface area contributed by atoms with Gasteiger partial charge in [0.15, 0.2) is 0 Å². The minimum absolute atomic E-state index is 0.0444. The molecule has 1 atom stereocenters. The Morgan fingerprint density at radius 1 is 1.11 bits per heavy atom. The Kier molecular flexibility index (Phi) is 2.95. The van der Waals surface area contributed by atoms with E-state index in [4.69, 9.17) is 10.5 Å². The van der Waals surface area contributed by atoms with Gasteiger partial charge in [-0.2, -0.15) is 0 Å². The molecule has 0 aromatic heterocycles. The molecular formula is C15H13F2NO. The van der Waals surface area contributed by atoms with Crippen molar-refractivity contribution < 1.29 is 13.5 Å². The van der Waals surface area contributed by atoms with Gasteiger partial charge in [0.25, 0.3) is 0 Å². The molecule has 4 heteroatoms. The van der Waals surface area contributed by atoms with Crippen molar-refractivity contribution in [2.24, 2.45) is 5.73 Å². The summed E-state index contributed by atoms with van der Waals surface area (Å²) < 4.78 is 33.4. The summed E-state index contributed by atoms with van der Waals surface area (Å²) in [6.07, 6.45) is 0.557. The van der Waals surface area contributed by atoms with Gasteiger partial charge in [0.05, 0.1) is 5.56 Å². The summed E-state index contributed by atoms with van der Waals surface area (Å²) in [5.41, 5.74) is 6.93. The average Bonchev–Trinajstić information content (AvgIpc) is 2.82. The molecule has 0 aliphatic carbocycles. The van der Waals surface area contributed by atoms with Crippen molar-refractivity contribution in [1.29, 1.82) is 0 Å². The first-order chi connectivity index (χ1) is 9.20. The van der Waals surface area contributed by atoms with Crippen LogP contribution in [0.2, 0.25) is 0 Å². The van der Waals surface area contributed by atoms with Crippen LogP contribution < -0.4 is 10.5 Å². The predicted molar refractivity (Wildman–Crippen MR) is 69.0 cm³/mol. The number of hydrogen-bond acceptors (Lipinski definition) is 2. The monoisotopic (exact) mass is 261 g/mol. The van der Waals surface area contributed by atoms with Gasteiger partial charge in [-0.1, -0.05) is 24.3 Å². The quantitative estimate of drug-likeness (QED) is 0.902. The minimum atomic E-state index is -0.590. The highest BCUT2D eigenvalue weighted by molar-refractivity contribution is 5.74. The van der Waals surface area contributed by atoms with Gasteiger partial charge >= 0.3 is 0 Å². The third-order valence-corrected chi connectivity index (χ3v) is 3.32. The lowest BCUT2D eigenvalue weighted by Crippen LogP contribution is -2.24. The summed E-state index contributed by atoms with van der Waals surface area (Å²) >= 11 is 0. The molecule has 0 radical (unpaired) electrons. The summed E-state index contributed by atoms with van der Waals surface area (Å²) in [6, 6.07) is 9.18. The second kappa shape index (κ2) is 4.63. The Morgan fingerprint density at radius 2 is 1.79 bits per heavy atom. The van der Waals surface area contributed by atoms with Crippen LogP contribution in [-0.2, 0) is 6.42 Å². The van der Waals surface area contributed by atoms with E-state index in [1.807, 2.05) is 6.07 Å². The van der Waals surface area contributed by atoms with Gasteiger partial charge in [-0.15, -0.1) is 0 Å². The van der Waals surface area contributed by atoms with Crippen LogP contribution in [0.3, 0.4) is 0 Å². The van der Waals surface area contributed by atoms with Crippen molar-refractivity contribution in [3.8, 4) is 16.9 Å². The van der Waals surface area contributed by atoms with Crippen LogP contribution in [0.4, 0.5) is 8.78 Å². The molecule has 0 amide bonds. The highest BCUT2D eigenvalue weighted by atomic mass is 19.1. The summed E-state index contributed by atoms with van der Waals surface area (Å²) in [6.45, 7) is 0.383. The molecule has 1 heterocycles. The fourth-order valence-corrected chi connectivity index (χ4v) is 2.42. The normalized spacial score (nSPS) is 17.1. The zero-order chi connectivity index (χ0) is 13.4. The highest BCUT2D eigenvalue weighted by Crippen LogP contribution is 2.40. The molecule has 2 aromatic rings. The predicted octanol–water partition coefficient (Wildman–Crippen LogP) is 2.89. The van der Waals surface area contributed by atoms with Crippen molar-refractivity contribution in [3.05, 3.63) is 53.6 Å². The maximum atomic E-state index is 13.9. The summed E-state index contributed by atoms with van der Waals surface area (Å²) in [7, 11) is 0. The second-order valence-corrected chi connectivity index (χ2v) is 4.57. The molecular weight excluding hydrogens is 248 g/mol. The van der Waals surface area contributed by atoms with Gasteiger partial charge < -0.3 is 10.5 Å². The van der Waals surface area contributed by atoms with E-state index in [2.05, 4.69) is 0 Å². The van der Waals surface area contributed by atoms with Crippen molar-refractivity contribution in [3.63, 3.8) is 0 Å². The standard InChI is InChI=1S/C15H13F2NO/c16-12-5-2-6-13(17)14(12)11-4-1-3-9-7-10(8-18)19-15(9)11/h1-6,10H,7-8,18H2. The molecule has 2 N–H and O–H groups in total. The third kappa shape index (κ3) is 1.98. The van der Waals surface area contributed by atoms with Gasteiger partial charge in [-0.25, -0.2) is 8.78 Å². The molecule has 1 unspecified atom stereocenters. The topological polar surface area (TPSA) is 35.2 Å². The van der Waals surface area contributed by atoms with Gasteiger partial charge in [0, 0.05) is 18.5 Å². The lowest BCUT2D eigenvalue weighted by molar-refractivity contribution is 0.242. The first kappa shape index (κ1) is 12.1. The van der Waals surface area contributed by atoms with Crippen LogP contribution >= 0.6 is 0 Å². The van der Waals surface area contributed by atoms with E-state index >= 15 is 0 Å².